The first-order chi connectivity index (χ1) is 12.7. The van der Waals surface area contributed by atoms with Crippen molar-refractivity contribution in [3.8, 4) is 0 Å². The maximum atomic E-state index is 12.5. The summed E-state index contributed by atoms with van der Waals surface area (Å²) in [6.45, 7) is 5.81. The topological polar surface area (TPSA) is 49.3 Å². The third-order valence-corrected chi connectivity index (χ3v) is 6.40. The molecule has 5 nitrogen and oxygen atoms in total. The Labute approximate surface area is 159 Å². The van der Waals surface area contributed by atoms with Crippen LogP contribution in [0.1, 0.15) is 25.0 Å². The quantitative estimate of drug-likeness (QED) is 0.831. The molecule has 0 aliphatic carbocycles. The van der Waals surface area contributed by atoms with Gasteiger partial charge in [0.15, 0.2) is 5.82 Å². The number of rotatable bonds is 3. The first-order valence-electron chi connectivity index (χ1n) is 9.54. The van der Waals surface area contributed by atoms with Crippen molar-refractivity contribution >= 4 is 34.5 Å². The zero-order valence-electron chi connectivity index (χ0n) is 15.4. The van der Waals surface area contributed by atoms with Gasteiger partial charge < -0.3 is 9.80 Å². The number of piperidine rings is 1. The number of benzene rings is 1. The maximum Gasteiger partial charge on any atom is 0.222 e. The van der Waals surface area contributed by atoms with E-state index in [2.05, 4.69) is 9.80 Å². The maximum absolute atomic E-state index is 12.5. The van der Waals surface area contributed by atoms with Gasteiger partial charge >= 0.3 is 0 Å². The lowest BCUT2D eigenvalue weighted by atomic mass is 9.93. The van der Waals surface area contributed by atoms with E-state index in [-0.39, 0.29) is 0 Å². The van der Waals surface area contributed by atoms with E-state index >= 15 is 0 Å². The van der Waals surface area contributed by atoms with Crippen molar-refractivity contribution in [3.05, 3.63) is 30.0 Å². The van der Waals surface area contributed by atoms with Gasteiger partial charge in [-0.1, -0.05) is 12.1 Å². The predicted octanol–water partition coefficient (Wildman–Crippen LogP) is 3.12. The molecule has 0 bridgehead atoms. The molecule has 26 heavy (non-hydrogen) atoms. The van der Waals surface area contributed by atoms with Gasteiger partial charge in [-0.15, -0.1) is 0 Å². The summed E-state index contributed by atoms with van der Waals surface area (Å²) >= 11 is 1.95. The van der Waals surface area contributed by atoms with E-state index in [1.54, 1.807) is 0 Å². The lowest BCUT2D eigenvalue weighted by Gasteiger charge is -2.34. The fourth-order valence-corrected chi connectivity index (χ4v) is 4.82. The monoisotopic (exact) mass is 370 g/mol. The number of hydrogen-bond donors (Lipinski definition) is 0. The molecular weight excluding hydrogens is 344 g/mol. The summed E-state index contributed by atoms with van der Waals surface area (Å²) in [5, 5.41) is 0. The number of aromatic nitrogens is 2. The fraction of sp³-hybridized carbons (Fsp3) is 0.550. The molecule has 0 saturated carbocycles. The Morgan fingerprint density at radius 1 is 1.08 bits per heavy atom. The summed E-state index contributed by atoms with van der Waals surface area (Å²) in [6.07, 6.45) is 2.82. The second kappa shape index (κ2) is 7.82. The van der Waals surface area contributed by atoms with E-state index in [4.69, 9.17) is 9.97 Å². The molecule has 2 fully saturated rings. The van der Waals surface area contributed by atoms with Gasteiger partial charge in [-0.3, -0.25) is 4.79 Å². The highest BCUT2D eigenvalue weighted by Gasteiger charge is 2.26. The van der Waals surface area contributed by atoms with E-state index < -0.39 is 0 Å². The molecular formula is C20H26N4OS. The zero-order chi connectivity index (χ0) is 17.9. The van der Waals surface area contributed by atoms with E-state index in [1.165, 1.54) is 0 Å². The van der Waals surface area contributed by atoms with Crippen molar-refractivity contribution in [3.63, 3.8) is 0 Å². The van der Waals surface area contributed by atoms with Crippen LogP contribution >= 0.6 is 11.8 Å². The molecule has 2 aliphatic rings. The van der Waals surface area contributed by atoms with Crippen LogP contribution in [0.2, 0.25) is 0 Å². The first-order valence-corrected chi connectivity index (χ1v) is 10.7. The van der Waals surface area contributed by atoms with Gasteiger partial charge in [0, 0.05) is 44.1 Å². The lowest BCUT2D eigenvalue weighted by molar-refractivity contribution is -0.132. The Bertz CT molecular complexity index is 782. The highest BCUT2D eigenvalue weighted by molar-refractivity contribution is 7.99. The van der Waals surface area contributed by atoms with Gasteiger partial charge in [0.25, 0.3) is 0 Å². The molecule has 1 aromatic carbocycles. The molecule has 6 heteroatoms. The summed E-state index contributed by atoms with van der Waals surface area (Å²) in [4.78, 5) is 26.5. The van der Waals surface area contributed by atoms with Gasteiger partial charge in [-0.2, -0.15) is 11.8 Å². The molecule has 2 aromatic rings. The number of carbonyl (C=O) groups excluding carboxylic acids is 1. The normalized spacial score (nSPS) is 19.1. The Kier molecular flexibility index (Phi) is 5.29. The average molecular weight is 371 g/mol. The Balaban J connectivity index is 1.37. The second-order valence-electron chi connectivity index (χ2n) is 7.25. The molecule has 0 radical (unpaired) electrons. The highest BCUT2D eigenvalue weighted by Crippen LogP contribution is 2.27. The average Bonchev–Trinajstić information content (AvgIpc) is 2.69. The van der Waals surface area contributed by atoms with Crippen LogP contribution in [0, 0.1) is 12.8 Å². The number of nitrogens with zero attached hydrogens (tertiary/aromatic N) is 4. The number of anilines is 1. The Morgan fingerprint density at radius 3 is 2.42 bits per heavy atom. The number of fused-ring (bicyclic) bond motifs is 1. The third-order valence-electron chi connectivity index (χ3n) is 5.46. The molecule has 2 saturated heterocycles. The number of amides is 1. The smallest absolute Gasteiger partial charge is 0.222 e. The minimum absolute atomic E-state index is 0.352. The van der Waals surface area contributed by atoms with Crippen LogP contribution in [-0.4, -0.2) is 58.5 Å². The molecule has 0 N–H and O–H groups in total. The fourth-order valence-electron chi connectivity index (χ4n) is 3.92. The number of thioether (sulfide) groups is 1. The largest absolute Gasteiger partial charge is 0.355 e. The Hall–Kier alpha value is -1.82. The van der Waals surface area contributed by atoms with E-state index in [0.717, 1.165) is 73.1 Å². The predicted molar refractivity (Wildman–Crippen MR) is 108 cm³/mol. The highest BCUT2D eigenvalue weighted by atomic mass is 32.2. The molecule has 2 aliphatic heterocycles. The third kappa shape index (κ3) is 3.80. The van der Waals surface area contributed by atoms with Crippen LogP contribution in [0.5, 0.6) is 0 Å². The minimum atomic E-state index is 0.352. The zero-order valence-corrected chi connectivity index (χ0v) is 16.2. The van der Waals surface area contributed by atoms with Gasteiger partial charge in [-0.25, -0.2) is 9.97 Å². The van der Waals surface area contributed by atoms with Crippen molar-refractivity contribution in [2.45, 2.75) is 26.2 Å². The number of aryl methyl sites for hydroxylation is 1. The summed E-state index contributed by atoms with van der Waals surface area (Å²) in [6, 6.07) is 8.04. The molecule has 4 rings (SSSR count). The number of hydrogen-bond acceptors (Lipinski definition) is 5. The molecule has 3 heterocycles. The van der Waals surface area contributed by atoms with Crippen molar-refractivity contribution in [2.75, 3.05) is 42.6 Å². The molecule has 1 aromatic heterocycles. The van der Waals surface area contributed by atoms with Gasteiger partial charge in [0.05, 0.1) is 16.7 Å². The van der Waals surface area contributed by atoms with Crippen molar-refractivity contribution in [1.29, 1.82) is 0 Å². The summed E-state index contributed by atoms with van der Waals surface area (Å²) < 4.78 is 0. The molecule has 0 atom stereocenters. The van der Waals surface area contributed by atoms with Crippen LogP contribution in [0.15, 0.2) is 24.3 Å². The van der Waals surface area contributed by atoms with E-state index in [0.29, 0.717) is 18.2 Å². The SMILES string of the molecule is Cc1nc2ccccc2nc1N1CCC(CC(=O)N2CCSCC2)CC1. The van der Waals surface area contributed by atoms with Crippen LogP contribution in [-0.2, 0) is 4.79 Å². The van der Waals surface area contributed by atoms with E-state index in [1.807, 2.05) is 43.0 Å². The second-order valence-corrected chi connectivity index (χ2v) is 8.47. The molecule has 0 unspecified atom stereocenters. The van der Waals surface area contributed by atoms with Gasteiger partial charge in [0.2, 0.25) is 5.91 Å². The first kappa shape index (κ1) is 17.6. The number of carbonyl (C=O) groups is 1. The Morgan fingerprint density at radius 2 is 1.73 bits per heavy atom. The summed E-state index contributed by atoms with van der Waals surface area (Å²) in [7, 11) is 0. The summed E-state index contributed by atoms with van der Waals surface area (Å²) in [5.74, 6) is 4.03. The van der Waals surface area contributed by atoms with Crippen LogP contribution in [0.3, 0.4) is 0 Å². The van der Waals surface area contributed by atoms with Crippen molar-refractivity contribution in [1.82, 2.24) is 14.9 Å². The molecule has 138 valence electrons. The minimum Gasteiger partial charge on any atom is -0.355 e. The lowest BCUT2D eigenvalue weighted by Crippen LogP contribution is -2.41. The van der Waals surface area contributed by atoms with Crippen LogP contribution in [0.4, 0.5) is 5.82 Å². The molecule has 0 spiro atoms. The van der Waals surface area contributed by atoms with Crippen LogP contribution < -0.4 is 4.90 Å². The van der Waals surface area contributed by atoms with E-state index in [9.17, 15) is 4.79 Å². The standard InChI is InChI=1S/C20H26N4OS/c1-15-20(22-18-5-3-2-4-17(18)21-15)24-8-6-16(7-9-24)14-19(25)23-10-12-26-13-11-23/h2-5,16H,6-14H2,1H3. The molecule has 1 amide bonds. The van der Waals surface area contributed by atoms with Gasteiger partial charge in [-0.05, 0) is 37.8 Å². The van der Waals surface area contributed by atoms with Crippen molar-refractivity contribution in [2.24, 2.45) is 5.92 Å². The van der Waals surface area contributed by atoms with Gasteiger partial charge in [0.1, 0.15) is 0 Å². The van der Waals surface area contributed by atoms with Crippen LogP contribution in [0.25, 0.3) is 11.0 Å². The van der Waals surface area contributed by atoms with Crippen molar-refractivity contribution < 1.29 is 4.79 Å². The number of para-hydroxylation sites is 2. The summed E-state index contributed by atoms with van der Waals surface area (Å²) in [5.41, 5.74) is 2.89.